The maximum atomic E-state index is 5.94. The second kappa shape index (κ2) is 6.77. The molecule has 21 heavy (non-hydrogen) atoms. The number of nitrogens with one attached hydrogen (secondary N) is 1. The van der Waals surface area contributed by atoms with E-state index in [1.54, 1.807) is 0 Å². The van der Waals surface area contributed by atoms with E-state index >= 15 is 0 Å². The van der Waals surface area contributed by atoms with E-state index in [0.717, 1.165) is 24.6 Å². The van der Waals surface area contributed by atoms with Crippen LogP contribution in [0.4, 0.5) is 0 Å². The Labute approximate surface area is 128 Å². The lowest BCUT2D eigenvalue weighted by molar-refractivity contribution is 0.480. The molecule has 0 fully saturated rings. The molecule has 0 amide bonds. The summed E-state index contributed by atoms with van der Waals surface area (Å²) >= 11 is 0. The smallest absolute Gasteiger partial charge is 0.127 e. The molecule has 2 rings (SSSR count). The van der Waals surface area contributed by atoms with Gasteiger partial charge in [0.25, 0.3) is 0 Å². The highest BCUT2D eigenvalue weighted by atomic mass is 16.5. The van der Waals surface area contributed by atoms with Gasteiger partial charge in [-0.1, -0.05) is 52.0 Å². The van der Waals surface area contributed by atoms with Crippen LogP contribution in [0, 0.1) is 0 Å². The molecule has 0 aromatic heterocycles. The normalized spacial score (nSPS) is 11.4. The van der Waals surface area contributed by atoms with Gasteiger partial charge in [0.05, 0.1) is 0 Å². The van der Waals surface area contributed by atoms with Gasteiger partial charge in [-0.15, -0.1) is 0 Å². The number of hydrogen-bond acceptors (Lipinski definition) is 2. The van der Waals surface area contributed by atoms with Gasteiger partial charge in [0.2, 0.25) is 0 Å². The van der Waals surface area contributed by atoms with Crippen LogP contribution in [-0.4, -0.2) is 6.54 Å². The molecular formula is C19H25NO. The number of ether oxygens (including phenoxy) is 1. The lowest BCUT2D eigenvalue weighted by Gasteiger charge is -2.19. The molecular weight excluding hydrogens is 258 g/mol. The summed E-state index contributed by atoms with van der Waals surface area (Å²) in [5.74, 6) is 1.76. The van der Waals surface area contributed by atoms with Crippen molar-refractivity contribution < 1.29 is 4.74 Å². The van der Waals surface area contributed by atoms with E-state index in [0.29, 0.717) is 0 Å². The third-order valence-electron chi connectivity index (χ3n) is 3.43. The third kappa shape index (κ3) is 4.61. The topological polar surface area (TPSA) is 21.3 Å². The van der Waals surface area contributed by atoms with Crippen molar-refractivity contribution in [2.24, 2.45) is 0 Å². The van der Waals surface area contributed by atoms with Crippen molar-refractivity contribution in [3.8, 4) is 11.5 Å². The average Bonchev–Trinajstić information content (AvgIpc) is 2.45. The van der Waals surface area contributed by atoms with E-state index in [1.165, 1.54) is 11.1 Å². The molecule has 0 aliphatic heterocycles. The van der Waals surface area contributed by atoms with Crippen LogP contribution in [0.2, 0.25) is 0 Å². The fourth-order valence-corrected chi connectivity index (χ4v) is 2.15. The lowest BCUT2D eigenvalue weighted by atomic mass is 9.87. The maximum absolute atomic E-state index is 5.94. The number of benzene rings is 2. The van der Waals surface area contributed by atoms with Gasteiger partial charge in [0.1, 0.15) is 11.5 Å². The van der Waals surface area contributed by atoms with E-state index in [1.807, 2.05) is 24.3 Å². The van der Waals surface area contributed by atoms with Gasteiger partial charge in [0.15, 0.2) is 0 Å². The van der Waals surface area contributed by atoms with Gasteiger partial charge >= 0.3 is 0 Å². The average molecular weight is 283 g/mol. The highest BCUT2D eigenvalue weighted by Crippen LogP contribution is 2.27. The molecule has 0 heterocycles. The van der Waals surface area contributed by atoms with E-state index in [4.69, 9.17) is 4.74 Å². The molecule has 0 atom stereocenters. The first-order valence-corrected chi connectivity index (χ1v) is 7.57. The van der Waals surface area contributed by atoms with Crippen LogP contribution in [0.1, 0.15) is 38.8 Å². The van der Waals surface area contributed by atoms with Crippen LogP contribution >= 0.6 is 0 Å². The predicted octanol–water partition coefficient (Wildman–Crippen LogP) is 4.89. The Hall–Kier alpha value is -1.80. The van der Waals surface area contributed by atoms with Crippen molar-refractivity contribution in [2.45, 2.75) is 39.7 Å². The molecule has 0 unspecified atom stereocenters. The monoisotopic (exact) mass is 283 g/mol. The van der Waals surface area contributed by atoms with Crippen LogP contribution in [0.3, 0.4) is 0 Å². The Morgan fingerprint density at radius 2 is 1.67 bits per heavy atom. The Morgan fingerprint density at radius 3 is 2.29 bits per heavy atom. The zero-order chi connectivity index (χ0) is 15.3. The van der Waals surface area contributed by atoms with Crippen LogP contribution in [0.15, 0.2) is 48.5 Å². The van der Waals surface area contributed by atoms with E-state index < -0.39 is 0 Å². The van der Waals surface area contributed by atoms with Gasteiger partial charge in [-0.3, -0.25) is 0 Å². The first-order chi connectivity index (χ1) is 9.99. The van der Waals surface area contributed by atoms with Gasteiger partial charge in [-0.05, 0) is 47.4 Å². The highest BCUT2D eigenvalue weighted by Gasteiger charge is 2.13. The molecule has 2 heteroatoms. The summed E-state index contributed by atoms with van der Waals surface area (Å²) < 4.78 is 5.94. The summed E-state index contributed by atoms with van der Waals surface area (Å²) in [5.41, 5.74) is 2.72. The first-order valence-electron chi connectivity index (χ1n) is 7.57. The molecule has 0 bridgehead atoms. The summed E-state index contributed by atoms with van der Waals surface area (Å²) in [7, 11) is 0. The fraction of sp³-hybridized carbons (Fsp3) is 0.368. The molecule has 0 radical (unpaired) electrons. The highest BCUT2D eigenvalue weighted by molar-refractivity contribution is 5.36. The van der Waals surface area contributed by atoms with E-state index in [-0.39, 0.29) is 5.41 Å². The molecule has 0 aliphatic rings. The molecule has 1 N–H and O–H groups in total. The van der Waals surface area contributed by atoms with Crippen molar-refractivity contribution in [2.75, 3.05) is 6.54 Å². The maximum Gasteiger partial charge on any atom is 0.127 e. The molecule has 0 spiro atoms. The van der Waals surface area contributed by atoms with E-state index in [2.05, 4.69) is 57.3 Å². The van der Waals surface area contributed by atoms with Crippen LogP contribution in [0.5, 0.6) is 11.5 Å². The summed E-state index contributed by atoms with van der Waals surface area (Å²) in [6.07, 6.45) is 0. The zero-order valence-electron chi connectivity index (χ0n) is 13.4. The molecule has 112 valence electrons. The lowest BCUT2D eigenvalue weighted by Crippen LogP contribution is -2.11. The Bertz CT molecular complexity index is 567. The molecule has 2 nitrogen and oxygen atoms in total. The minimum absolute atomic E-state index is 0.171. The summed E-state index contributed by atoms with van der Waals surface area (Å²) in [6, 6.07) is 16.6. The minimum Gasteiger partial charge on any atom is -0.457 e. The SMILES string of the molecule is CCNCc1cccc(Oc2ccc(C(C)(C)C)cc2)c1. The van der Waals surface area contributed by atoms with Crippen molar-refractivity contribution in [3.05, 3.63) is 59.7 Å². The quantitative estimate of drug-likeness (QED) is 0.844. The van der Waals surface area contributed by atoms with Crippen molar-refractivity contribution in [1.82, 2.24) is 5.32 Å². The second-order valence-electron chi connectivity index (χ2n) is 6.30. The number of hydrogen-bond donors (Lipinski definition) is 1. The van der Waals surface area contributed by atoms with Crippen LogP contribution in [0.25, 0.3) is 0 Å². The third-order valence-corrected chi connectivity index (χ3v) is 3.43. The fourth-order valence-electron chi connectivity index (χ4n) is 2.15. The second-order valence-corrected chi connectivity index (χ2v) is 6.30. The Balaban J connectivity index is 2.07. The summed E-state index contributed by atoms with van der Waals surface area (Å²) in [5, 5.41) is 3.32. The largest absolute Gasteiger partial charge is 0.457 e. The molecule has 0 saturated heterocycles. The molecule has 2 aromatic carbocycles. The van der Waals surface area contributed by atoms with Gasteiger partial charge < -0.3 is 10.1 Å². The van der Waals surface area contributed by atoms with Crippen molar-refractivity contribution in [1.29, 1.82) is 0 Å². The van der Waals surface area contributed by atoms with E-state index in [9.17, 15) is 0 Å². The van der Waals surface area contributed by atoms with Gasteiger partial charge in [-0.2, -0.15) is 0 Å². The molecule has 2 aromatic rings. The van der Waals surface area contributed by atoms with Crippen LogP contribution in [-0.2, 0) is 12.0 Å². The summed E-state index contributed by atoms with van der Waals surface area (Å²) in [6.45, 7) is 10.6. The van der Waals surface area contributed by atoms with Crippen molar-refractivity contribution in [3.63, 3.8) is 0 Å². The van der Waals surface area contributed by atoms with Gasteiger partial charge in [-0.25, -0.2) is 0 Å². The van der Waals surface area contributed by atoms with Crippen LogP contribution < -0.4 is 10.1 Å². The number of rotatable bonds is 5. The zero-order valence-corrected chi connectivity index (χ0v) is 13.4. The van der Waals surface area contributed by atoms with Gasteiger partial charge in [0, 0.05) is 6.54 Å². The Morgan fingerprint density at radius 1 is 0.952 bits per heavy atom. The van der Waals surface area contributed by atoms with Crippen molar-refractivity contribution >= 4 is 0 Å². The standard InChI is InChI=1S/C19H25NO/c1-5-20-14-15-7-6-8-18(13-15)21-17-11-9-16(10-12-17)19(2,3)4/h6-13,20H,5,14H2,1-4H3. The first kappa shape index (κ1) is 15.6. The minimum atomic E-state index is 0.171. The molecule has 0 aliphatic carbocycles. The Kier molecular flexibility index (Phi) is 5.03. The molecule has 0 saturated carbocycles. The predicted molar refractivity (Wildman–Crippen MR) is 89.0 cm³/mol. The summed E-state index contributed by atoms with van der Waals surface area (Å²) in [4.78, 5) is 0.